The summed E-state index contributed by atoms with van der Waals surface area (Å²) < 4.78 is 0. The summed E-state index contributed by atoms with van der Waals surface area (Å²) in [7, 11) is 0. The number of hydrogen-bond acceptors (Lipinski definition) is 4. The van der Waals surface area contributed by atoms with E-state index >= 15 is 0 Å². The van der Waals surface area contributed by atoms with Crippen LogP contribution in [-0.4, -0.2) is 28.5 Å². The number of fused-ring (bicyclic) bond motifs is 1. The fourth-order valence-corrected chi connectivity index (χ4v) is 3.27. The summed E-state index contributed by atoms with van der Waals surface area (Å²) in [6.45, 7) is 5.10. The summed E-state index contributed by atoms with van der Waals surface area (Å²) in [5.74, 6) is 0.871. The summed E-state index contributed by atoms with van der Waals surface area (Å²) >= 11 is 5.98. The van der Waals surface area contributed by atoms with Crippen molar-refractivity contribution < 1.29 is 4.79 Å². The van der Waals surface area contributed by atoms with Gasteiger partial charge in [0.1, 0.15) is 5.69 Å². The largest absolute Gasteiger partial charge is 0.351 e. The van der Waals surface area contributed by atoms with E-state index in [1.54, 1.807) is 6.20 Å². The van der Waals surface area contributed by atoms with Crippen LogP contribution in [0.2, 0.25) is 5.28 Å². The van der Waals surface area contributed by atoms with Crippen molar-refractivity contribution in [2.24, 2.45) is 5.41 Å². The van der Waals surface area contributed by atoms with Crippen LogP contribution >= 0.6 is 11.6 Å². The van der Waals surface area contributed by atoms with Crippen LogP contribution in [0, 0.1) is 5.41 Å². The molecule has 21 heavy (non-hydrogen) atoms. The van der Waals surface area contributed by atoms with Crippen LogP contribution in [0.1, 0.15) is 46.0 Å². The number of carbonyl (C=O) groups excluding carboxylic acids is 1. The first kappa shape index (κ1) is 14.6. The molecule has 1 atom stereocenters. The van der Waals surface area contributed by atoms with Gasteiger partial charge >= 0.3 is 0 Å². The van der Waals surface area contributed by atoms with Gasteiger partial charge < -0.3 is 10.2 Å². The highest BCUT2D eigenvalue weighted by Gasteiger charge is 2.53. The predicted octanol–water partition coefficient (Wildman–Crippen LogP) is 3.25. The highest BCUT2D eigenvalue weighted by molar-refractivity contribution is 6.28. The molecule has 1 saturated carbocycles. The van der Waals surface area contributed by atoms with E-state index in [-0.39, 0.29) is 16.6 Å². The summed E-state index contributed by atoms with van der Waals surface area (Å²) in [5.41, 5.74) is 0.441. The minimum atomic E-state index is -0.242. The highest BCUT2D eigenvalue weighted by Crippen LogP contribution is 2.50. The Morgan fingerprint density at radius 2 is 2.24 bits per heavy atom. The Morgan fingerprint density at radius 3 is 2.86 bits per heavy atom. The Bertz CT molecular complexity index is 559. The first-order valence-electron chi connectivity index (χ1n) is 7.70. The molecule has 1 aliphatic heterocycles. The topological polar surface area (TPSA) is 58.1 Å². The monoisotopic (exact) mass is 308 g/mol. The van der Waals surface area contributed by atoms with E-state index in [4.69, 9.17) is 11.6 Å². The maximum absolute atomic E-state index is 12.4. The third-order valence-corrected chi connectivity index (χ3v) is 4.78. The predicted molar refractivity (Wildman–Crippen MR) is 83.7 cm³/mol. The van der Waals surface area contributed by atoms with E-state index in [1.807, 2.05) is 0 Å². The van der Waals surface area contributed by atoms with Crippen LogP contribution in [0.5, 0.6) is 0 Å². The molecule has 0 radical (unpaired) electrons. The molecule has 1 aliphatic carbocycles. The second-order valence-electron chi connectivity index (χ2n) is 6.09. The molecule has 2 heterocycles. The number of rotatable bonds is 4. The summed E-state index contributed by atoms with van der Waals surface area (Å²) in [6, 6.07) is 0.380. The zero-order valence-corrected chi connectivity index (χ0v) is 13.3. The number of nitrogens with zero attached hydrogens (tertiary/aromatic N) is 3. The van der Waals surface area contributed by atoms with Gasteiger partial charge in [0.2, 0.25) is 11.2 Å². The van der Waals surface area contributed by atoms with E-state index in [1.165, 1.54) is 0 Å². The molecule has 1 aromatic rings. The van der Waals surface area contributed by atoms with Crippen LogP contribution in [0.15, 0.2) is 6.20 Å². The van der Waals surface area contributed by atoms with Gasteiger partial charge in [-0.1, -0.05) is 20.3 Å². The van der Waals surface area contributed by atoms with Gasteiger partial charge in [-0.25, -0.2) is 4.98 Å². The lowest BCUT2D eigenvalue weighted by Gasteiger charge is -2.33. The molecule has 6 heteroatoms. The first-order valence-corrected chi connectivity index (χ1v) is 8.08. The Hall–Kier alpha value is -1.36. The van der Waals surface area contributed by atoms with E-state index in [2.05, 4.69) is 34.0 Å². The number of halogens is 1. The molecule has 0 saturated heterocycles. The van der Waals surface area contributed by atoms with Crippen molar-refractivity contribution in [3.63, 3.8) is 0 Å². The van der Waals surface area contributed by atoms with Crippen molar-refractivity contribution in [1.29, 1.82) is 0 Å². The molecular weight excluding hydrogens is 288 g/mol. The number of anilines is 2. The zero-order chi connectivity index (χ0) is 15.0. The lowest BCUT2D eigenvalue weighted by molar-refractivity contribution is -0.120. The van der Waals surface area contributed by atoms with Crippen LogP contribution in [0.25, 0.3) is 0 Å². The van der Waals surface area contributed by atoms with Crippen LogP contribution in [0.4, 0.5) is 11.5 Å². The Balaban J connectivity index is 2.03. The van der Waals surface area contributed by atoms with Crippen molar-refractivity contribution in [1.82, 2.24) is 9.97 Å². The molecule has 1 amide bonds. The maximum atomic E-state index is 12.4. The molecule has 1 unspecified atom stereocenters. The molecule has 1 fully saturated rings. The van der Waals surface area contributed by atoms with Crippen molar-refractivity contribution in [2.45, 2.75) is 52.0 Å². The second kappa shape index (κ2) is 5.44. The van der Waals surface area contributed by atoms with Gasteiger partial charge in [0.15, 0.2) is 5.82 Å². The normalized spacial score (nSPS) is 20.7. The van der Waals surface area contributed by atoms with Crippen LogP contribution in [0.3, 0.4) is 0 Å². The highest BCUT2D eigenvalue weighted by atomic mass is 35.5. The van der Waals surface area contributed by atoms with Gasteiger partial charge in [0, 0.05) is 12.6 Å². The van der Waals surface area contributed by atoms with E-state index < -0.39 is 0 Å². The average molecular weight is 309 g/mol. The number of hydrogen-bond donors (Lipinski definition) is 1. The summed E-state index contributed by atoms with van der Waals surface area (Å²) in [5, 5.41) is 3.22. The Kier molecular flexibility index (Phi) is 3.78. The first-order chi connectivity index (χ1) is 10.1. The van der Waals surface area contributed by atoms with Gasteiger partial charge in [-0.2, -0.15) is 4.98 Å². The number of carbonyl (C=O) groups is 1. The van der Waals surface area contributed by atoms with Crippen LogP contribution in [-0.2, 0) is 4.79 Å². The lowest BCUT2D eigenvalue weighted by Crippen LogP contribution is -2.41. The van der Waals surface area contributed by atoms with Gasteiger partial charge in [0.05, 0.1) is 11.6 Å². The molecule has 1 N–H and O–H groups in total. The van der Waals surface area contributed by atoms with Crippen molar-refractivity contribution in [3.8, 4) is 0 Å². The number of nitrogens with one attached hydrogen (secondary N) is 1. The SMILES string of the molecule is CCCC(CC)N1CC2(CC2)C(=O)Nc2cnc(Cl)nc21. The molecule has 5 nitrogen and oxygen atoms in total. The minimum absolute atomic E-state index is 0.100. The summed E-state index contributed by atoms with van der Waals surface area (Å²) in [4.78, 5) is 23.1. The Labute approximate surface area is 130 Å². The molecular formula is C15H21ClN4O. The second-order valence-corrected chi connectivity index (χ2v) is 6.43. The van der Waals surface area contributed by atoms with Crippen LogP contribution < -0.4 is 10.2 Å². The van der Waals surface area contributed by atoms with Crippen molar-refractivity contribution in [2.75, 3.05) is 16.8 Å². The fraction of sp³-hybridized carbons (Fsp3) is 0.667. The smallest absolute Gasteiger partial charge is 0.232 e. The maximum Gasteiger partial charge on any atom is 0.232 e. The quantitative estimate of drug-likeness (QED) is 0.868. The van der Waals surface area contributed by atoms with Gasteiger partial charge in [0.25, 0.3) is 0 Å². The lowest BCUT2D eigenvalue weighted by atomic mass is 10.0. The molecule has 3 rings (SSSR count). The van der Waals surface area contributed by atoms with Crippen molar-refractivity contribution in [3.05, 3.63) is 11.5 Å². The average Bonchev–Trinajstić information content (AvgIpc) is 3.26. The summed E-state index contributed by atoms with van der Waals surface area (Å²) in [6.07, 6.45) is 6.74. The molecule has 2 aliphatic rings. The van der Waals surface area contributed by atoms with Gasteiger partial charge in [-0.3, -0.25) is 4.79 Å². The molecule has 0 aromatic carbocycles. The zero-order valence-electron chi connectivity index (χ0n) is 12.5. The third-order valence-electron chi connectivity index (χ3n) is 4.60. The minimum Gasteiger partial charge on any atom is -0.351 e. The van der Waals surface area contributed by atoms with E-state index in [0.29, 0.717) is 11.7 Å². The van der Waals surface area contributed by atoms with E-state index in [9.17, 15) is 4.79 Å². The van der Waals surface area contributed by atoms with Gasteiger partial charge in [-0.15, -0.1) is 0 Å². The number of amides is 1. The Morgan fingerprint density at radius 1 is 1.48 bits per heavy atom. The van der Waals surface area contributed by atoms with E-state index in [0.717, 1.165) is 44.5 Å². The third kappa shape index (κ3) is 2.59. The molecule has 1 aromatic heterocycles. The standard InChI is InChI=1S/C15H21ClN4O/c1-3-5-10(4-2)20-9-15(6-7-15)13(21)18-11-8-17-14(16)19-12(11)20/h8,10H,3-7,9H2,1-2H3,(H,18,21). The number of aromatic nitrogens is 2. The van der Waals surface area contributed by atoms with Crippen molar-refractivity contribution >= 4 is 29.0 Å². The molecule has 0 bridgehead atoms. The van der Waals surface area contributed by atoms with Gasteiger partial charge in [-0.05, 0) is 37.3 Å². The molecule has 1 spiro atoms. The molecule has 114 valence electrons. The fourth-order valence-electron chi connectivity index (χ4n) is 3.14.